The Kier molecular flexibility index (Phi) is 4.53. The molecule has 0 spiro atoms. The van der Waals surface area contributed by atoms with Crippen molar-refractivity contribution in [2.75, 3.05) is 4.90 Å². The van der Waals surface area contributed by atoms with Gasteiger partial charge in [-0.1, -0.05) is 41.6 Å². The second-order valence-corrected chi connectivity index (χ2v) is 6.63. The van der Waals surface area contributed by atoms with Crippen LogP contribution >= 0.6 is 0 Å². The van der Waals surface area contributed by atoms with E-state index in [1.807, 2.05) is 54.6 Å². The fourth-order valence-corrected chi connectivity index (χ4v) is 3.39. The molecule has 2 aromatic carbocycles. The molecule has 0 unspecified atom stereocenters. The number of nitrogens with zero attached hydrogens (tertiary/aromatic N) is 2. The number of benzene rings is 2. The third kappa shape index (κ3) is 3.20. The number of aromatic nitrogens is 2. The maximum absolute atomic E-state index is 13.4. The van der Waals surface area contributed by atoms with Gasteiger partial charge in [-0.15, -0.1) is 0 Å². The second kappa shape index (κ2) is 7.15. The van der Waals surface area contributed by atoms with Gasteiger partial charge in [0.25, 0.3) is 5.91 Å². The summed E-state index contributed by atoms with van der Waals surface area (Å²) in [7, 11) is 0. The predicted molar refractivity (Wildman–Crippen MR) is 108 cm³/mol. The largest absolute Gasteiger partial charge is 0.361 e. The number of nitrogens with one attached hydrogen (secondary N) is 1. The van der Waals surface area contributed by atoms with Gasteiger partial charge in [0.05, 0.1) is 12.2 Å². The molecule has 2 aromatic heterocycles. The molecule has 4 rings (SSSR count). The molecule has 0 atom stereocenters. The third-order valence-electron chi connectivity index (χ3n) is 4.72. The van der Waals surface area contributed by atoms with E-state index in [2.05, 4.69) is 10.1 Å². The lowest BCUT2D eigenvalue weighted by Gasteiger charge is -2.23. The van der Waals surface area contributed by atoms with Crippen molar-refractivity contribution in [3.63, 3.8) is 0 Å². The van der Waals surface area contributed by atoms with Gasteiger partial charge in [-0.2, -0.15) is 0 Å². The van der Waals surface area contributed by atoms with E-state index in [0.29, 0.717) is 17.0 Å². The van der Waals surface area contributed by atoms with Crippen LogP contribution in [-0.4, -0.2) is 16.0 Å². The number of pyridine rings is 1. The van der Waals surface area contributed by atoms with Crippen LogP contribution in [0.2, 0.25) is 0 Å². The van der Waals surface area contributed by atoms with Crippen LogP contribution in [0.15, 0.2) is 70.0 Å². The fraction of sp³-hybridized carbons (Fsp3) is 0.136. The minimum atomic E-state index is -0.216. The summed E-state index contributed by atoms with van der Waals surface area (Å²) in [4.78, 5) is 30.0. The molecular weight excluding hydrogens is 354 g/mol. The highest BCUT2D eigenvalue weighted by molar-refractivity contribution is 6.07. The van der Waals surface area contributed by atoms with Gasteiger partial charge in [-0.05, 0) is 37.6 Å². The fourth-order valence-electron chi connectivity index (χ4n) is 3.39. The highest BCUT2D eigenvalue weighted by Gasteiger charge is 2.25. The molecule has 1 amide bonds. The summed E-state index contributed by atoms with van der Waals surface area (Å²) < 4.78 is 5.19. The highest BCUT2D eigenvalue weighted by atomic mass is 16.5. The van der Waals surface area contributed by atoms with Crippen molar-refractivity contribution in [2.24, 2.45) is 0 Å². The van der Waals surface area contributed by atoms with Crippen LogP contribution in [0.5, 0.6) is 0 Å². The van der Waals surface area contributed by atoms with Crippen molar-refractivity contribution >= 4 is 22.5 Å². The van der Waals surface area contributed by atoms with Gasteiger partial charge in [-0.3, -0.25) is 9.59 Å². The lowest BCUT2D eigenvalue weighted by molar-refractivity contribution is 0.0983. The number of anilines is 1. The van der Waals surface area contributed by atoms with Crippen LogP contribution in [0.4, 0.5) is 5.69 Å². The monoisotopic (exact) mass is 373 g/mol. The number of carbonyl (C=O) groups is 1. The molecule has 140 valence electrons. The van der Waals surface area contributed by atoms with Crippen LogP contribution in [0.25, 0.3) is 10.9 Å². The van der Waals surface area contributed by atoms with E-state index in [-0.39, 0.29) is 18.0 Å². The Balaban J connectivity index is 1.84. The number of para-hydroxylation sites is 2. The highest BCUT2D eigenvalue weighted by Crippen LogP contribution is 2.25. The normalized spacial score (nSPS) is 10.9. The summed E-state index contributed by atoms with van der Waals surface area (Å²) in [5.74, 6) is 0.256. The van der Waals surface area contributed by atoms with Crippen molar-refractivity contribution in [1.29, 1.82) is 0 Å². The maximum atomic E-state index is 13.4. The van der Waals surface area contributed by atoms with Gasteiger partial charge in [-0.25, -0.2) is 0 Å². The van der Waals surface area contributed by atoms with E-state index in [0.717, 1.165) is 22.2 Å². The number of rotatable bonds is 4. The van der Waals surface area contributed by atoms with E-state index in [1.54, 1.807) is 24.8 Å². The summed E-state index contributed by atoms with van der Waals surface area (Å²) in [6.45, 7) is 3.71. The molecule has 6 nitrogen and oxygen atoms in total. The average molecular weight is 373 g/mol. The van der Waals surface area contributed by atoms with Crippen molar-refractivity contribution < 1.29 is 9.32 Å². The molecule has 0 saturated heterocycles. The summed E-state index contributed by atoms with van der Waals surface area (Å²) in [5, 5.41) is 4.80. The lowest BCUT2D eigenvalue weighted by Crippen LogP contribution is -2.31. The van der Waals surface area contributed by atoms with E-state index in [9.17, 15) is 9.59 Å². The zero-order valence-electron chi connectivity index (χ0n) is 15.6. The smallest absolute Gasteiger partial charge is 0.264 e. The summed E-state index contributed by atoms with van der Waals surface area (Å²) in [6, 6.07) is 18.5. The van der Waals surface area contributed by atoms with Gasteiger partial charge < -0.3 is 14.4 Å². The first kappa shape index (κ1) is 17.7. The first-order valence-electron chi connectivity index (χ1n) is 8.95. The molecule has 0 aliphatic rings. The summed E-state index contributed by atoms with van der Waals surface area (Å²) >= 11 is 0. The van der Waals surface area contributed by atoms with Crippen LogP contribution in [0.1, 0.15) is 27.4 Å². The first-order chi connectivity index (χ1) is 13.5. The van der Waals surface area contributed by atoms with E-state index in [4.69, 9.17) is 4.52 Å². The molecule has 0 saturated carbocycles. The quantitative estimate of drug-likeness (QED) is 0.587. The molecule has 1 N–H and O–H groups in total. The Morgan fingerprint density at radius 3 is 2.50 bits per heavy atom. The molecule has 4 aromatic rings. The summed E-state index contributed by atoms with van der Waals surface area (Å²) in [5.41, 5.74) is 3.02. The summed E-state index contributed by atoms with van der Waals surface area (Å²) in [6.07, 6.45) is 0. The molecule has 0 aliphatic heterocycles. The molecule has 0 fully saturated rings. The SMILES string of the molecule is Cc1noc(C)c1C(=O)N(Cc1cc(=O)[nH]c2ccccc12)c1ccccc1. The average Bonchev–Trinajstić information content (AvgIpc) is 3.04. The lowest BCUT2D eigenvalue weighted by atomic mass is 10.1. The number of fused-ring (bicyclic) bond motifs is 1. The minimum Gasteiger partial charge on any atom is -0.361 e. The number of carbonyl (C=O) groups excluding carboxylic acids is 1. The topological polar surface area (TPSA) is 79.2 Å². The van der Waals surface area contributed by atoms with E-state index >= 15 is 0 Å². The number of aryl methyl sites for hydroxylation is 2. The Morgan fingerprint density at radius 2 is 1.79 bits per heavy atom. The van der Waals surface area contributed by atoms with Crippen LogP contribution in [0.3, 0.4) is 0 Å². The van der Waals surface area contributed by atoms with Crippen molar-refractivity contribution in [2.45, 2.75) is 20.4 Å². The van der Waals surface area contributed by atoms with Gasteiger partial charge in [0.15, 0.2) is 0 Å². The maximum Gasteiger partial charge on any atom is 0.264 e. The number of H-pyrrole nitrogens is 1. The van der Waals surface area contributed by atoms with Crippen LogP contribution in [0, 0.1) is 13.8 Å². The van der Waals surface area contributed by atoms with Gasteiger partial charge >= 0.3 is 0 Å². The number of aromatic amines is 1. The molecule has 28 heavy (non-hydrogen) atoms. The zero-order chi connectivity index (χ0) is 19.7. The van der Waals surface area contributed by atoms with Crippen LogP contribution in [-0.2, 0) is 6.54 Å². The Bertz CT molecular complexity index is 1190. The Labute approximate surface area is 161 Å². The van der Waals surface area contributed by atoms with E-state index < -0.39 is 0 Å². The predicted octanol–water partition coefficient (Wildman–Crippen LogP) is 3.98. The van der Waals surface area contributed by atoms with Crippen molar-refractivity contribution in [3.05, 3.63) is 93.6 Å². The first-order valence-corrected chi connectivity index (χ1v) is 8.95. The number of hydrogen-bond acceptors (Lipinski definition) is 4. The Hall–Kier alpha value is -3.67. The van der Waals surface area contributed by atoms with Gasteiger partial charge in [0.1, 0.15) is 11.3 Å². The minimum absolute atomic E-state index is 0.202. The Morgan fingerprint density at radius 1 is 1.07 bits per heavy atom. The standard InChI is InChI=1S/C22H19N3O3/c1-14-21(15(2)28-24-14)22(27)25(17-8-4-3-5-9-17)13-16-12-20(26)23-19-11-7-6-10-18(16)19/h3-12H,13H2,1-2H3,(H,23,26). The van der Waals surface area contributed by atoms with Gasteiger partial charge in [0, 0.05) is 22.7 Å². The third-order valence-corrected chi connectivity index (χ3v) is 4.72. The molecule has 6 heteroatoms. The molecule has 2 heterocycles. The van der Waals surface area contributed by atoms with Crippen molar-refractivity contribution in [3.8, 4) is 0 Å². The zero-order valence-corrected chi connectivity index (χ0v) is 15.6. The number of amides is 1. The van der Waals surface area contributed by atoms with Gasteiger partial charge in [0.2, 0.25) is 5.56 Å². The van der Waals surface area contributed by atoms with Crippen molar-refractivity contribution in [1.82, 2.24) is 10.1 Å². The molecule has 0 aliphatic carbocycles. The molecular formula is C22H19N3O3. The molecule has 0 bridgehead atoms. The second-order valence-electron chi connectivity index (χ2n) is 6.63. The number of hydrogen-bond donors (Lipinski definition) is 1. The molecule has 0 radical (unpaired) electrons. The van der Waals surface area contributed by atoms with E-state index in [1.165, 1.54) is 0 Å². The van der Waals surface area contributed by atoms with Crippen LogP contribution < -0.4 is 10.5 Å².